The minimum Gasteiger partial charge on any atom is -0.387 e. The third-order valence-corrected chi connectivity index (χ3v) is 33.3. The molecule has 0 saturated heterocycles. The van der Waals surface area contributed by atoms with E-state index in [1.807, 2.05) is 0 Å². The lowest BCUT2D eigenvalue weighted by molar-refractivity contribution is -0.336. The van der Waals surface area contributed by atoms with Crippen molar-refractivity contribution in [2.24, 2.45) is 0 Å². The summed E-state index contributed by atoms with van der Waals surface area (Å²) in [6.45, 7) is 0. The molecule has 0 aromatic rings. The molecule has 93 heteroatoms. The van der Waals surface area contributed by atoms with Gasteiger partial charge in [-0.25, -0.2) is 82.0 Å². The normalized spacial score (nSPS) is 41.0. The largest absolute Gasteiger partial charge is 0.490 e. The monoisotopic (exact) mass is 2150 g/mol. The first-order chi connectivity index (χ1) is 53.9. The van der Waals surface area contributed by atoms with E-state index >= 15 is 0 Å². The maximum Gasteiger partial charge on any atom is 0.490 e. The number of aliphatic hydroxyl groups is 28. The van der Waals surface area contributed by atoms with Crippen LogP contribution in [0.4, 0.5) is 0 Å². The molecule has 0 aromatic carbocycles. The zero-order valence-electron chi connectivity index (χ0n) is 57.5. The Hall–Kier alpha value is 0.930. The van der Waals surface area contributed by atoms with E-state index in [0.29, 0.717) is 0 Å². The van der Waals surface area contributed by atoms with Crippen LogP contribution in [0.25, 0.3) is 0 Å². The summed E-state index contributed by atoms with van der Waals surface area (Å²) in [5, 5.41) is 266. The van der Waals surface area contributed by atoms with Crippen molar-refractivity contribution in [1.29, 1.82) is 0 Å². The Labute approximate surface area is 672 Å². The number of hydrogen-bond donors (Lipinski definition) is 48. The molecule has 5 aliphatic carbocycles. The summed E-state index contributed by atoms with van der Waals surface area (Å²) in [5.41, 5.74) is 0. The molecule has 5 saturated carbocycles. The van der Waals surface area contributed by atoms with Crippen LogP contribution >= 0.6 is 117 Å². The van der Waals surface area contributed by atoms with E-state index in [-0.39, 0.29) is 0 Å². The van der Waals surface area contributed by atoms with Crippen molar-refractivity contribution < 1.29 is 375 Å². The molecule has 18 unspecified atom stereocenters. The van der Waals surface area contributed by atoms with Crippen molar-refractivity contribution in [3.63, 3.8) is 0 Å². The van der Waals surface area contributed by atoms with Gasteiger partial charge < -0.3 is 241 Å². The Morgan fingerprint density at radius 1 is 0.154 bits per heavy atom. The molecule has 48 N–H and O–H groups in total. The highest BCUT2D eigenvalue weighted by Crippen LogP contribution is 2.72. The van der Waals surface area contributed by atoms with Crippen LogP contribution in [0.15, 0.2) is 0 Å². The highest BCUT2D eigenvalue weighted by molar-refractivity contribution is 7.69. The van der Waals surface area contributed by atoms with Gasteiger partial charge in [0.1, 0.15) is 165 Å². The van der Waals surface area contributed by atoms with E-state index in [9.17, 15) is 236 Å². The SMILES string of the molecule is O=P(O)(O)OP(=O)(O)OP(=O)(O)OC1C(O)C(O)C(O)C(O)C1O.O=P(O)(O)OP(=O)(O)OP(=O)(O)OC1C(O)C(O)C(O)C(O)C1O.O=P(O)(O)OP(=O)(O)OP(=O)(O)O[C@@]1(O)[C@@H](O)[C@H](O)[C@@H](O)[C@H](O)[C@@H]1O.O=P(O)(O)OP(=O)(O)OP(=O)(O)O[C@@]1(O)[C@@H](O)[C@H](O)[C@@H](O)[C@H](O)[C@@H]1O.O=P(O)(O)OP(=O)(O)OP(=O)(O)O[C@@]1(O)[C@@H](O)[C@H](O)[C@@H](O)[C@H](O)[C@@H]1O. The maximum absolute atomic E-state index is 11.6. The summed E-state index contributed by atoms with van der Waals surface area (Å²) in [6.07, 6.45) is -63.9. The van der Waals surface area contributed by atoms with Crippen LogP contribution in [0.5, 0.6) is 0 Å². The Bertz CT molecular complexity index is 3840. The van der Waals surface area contributed by atoms with Gasteiger partial charge in [-0.2, -0.15) is 43.1 Å². The number of hydrogen-bond acceptors (Lipinski definition) is 58. The van der Waals surface area contributed by atoms with E-state index in [1.165, 1.54) is 0 Å². The Balaban J connectivity index is 0.000000769. The van der Waals surface area contributed by atoms with Crippen LogP contribution < -0.4 is 0 Å². The topological polar surface area (TPSA) is 1370 Å². The zero-order valence-corrected chi connectivity index (χ0v) is 70.9. The Morgan fingerprint density at radius 2 is 0.268 bits per heavy atom. The first-order valence-electron chi connectivity index (χ1n) is 29.2. The zero-order chi connectivity index (χ0) is 98.2. The van der Waals surface area contributed by atoms with Crippen LogP contribution in [0.3, 0.4) is 0 Å². The van der Waals surface area contributed by atoms with Gasteiger partial charge in [0.25, 0.3) is 0 Å². The number of phosphoric ester groups is 5. The Morgan fingerprint density at radius 3 is 0.398 bits per heavy atom. The predicted octanol–water partition coefficient (Wildman–Crippen LogP) is -19.5. The van der Waals surface area contributed by atoms with Crippen LogP contribution in [0.2, 0.25) is 0 Å². The lowest BCUT2D eigenvalue weighted by Crippen LogP contribution is -2.71. The predicted molar refractivity (Wildman–Crippen MR) is 347 cm³/mol. The van der Waals surface area contributed by atoms with E-state index in [4.69, 9.17) is 73.4 Å². The van der Waals surface area contributed by atoms with Gasteiger partial charge in [-0.3, -0.25) is 9.05 Å². The lowest BCUT2D eigenvalue weighted by Gasteiger charge is -2.46. The molecule has 0 heterocycles. The molecular weight excluding hydrogens is 2070 g/mol. The quantitative estimate of drug-likeness (QED) is 0.0235. The summed E-state index contributed by atoms with van der Waals surface area (Å²) >= 11 is 0. The molecule has 5 fully saturated rings. The van der Waals surface area contributed by atoms with Gasteiger partial charge in [-0.05, 0) is 0 Å². The van der Waals surface area contributed by atoms with Gasteiger partial charge >= 0.3 is 117 Å². The third kappa shape index (κ3) is 36.8. The van der Waals surface area contributed by atoms with Crippen molar-refractivity contribution in [1.82, 2.24) is 0 Å². The van der Waals surface area contributed by atoms with E-state index < -0.39 is 300 Å². The molecule has 0 spiro atoms. The van der Waals surface area contributed by atoms with E-state index in [0.717, 1.165) is 0 Å². The fraction of sp³-hybridized carbons (Fsp3) is 1.00. The van der Waals surface area contributed by atoms with Gasteiger partial charge in [0.05, 0.1) is 0 Å². The molecule has 123 heavy (non-hydrogen) atoms. The van der Waals surface area contributed by atoms with Gasteiger partial charge in [0, 0.05) is 0 Å². The third-order valence-electron chi connectivity index (χ3n) is 14.1. The molecule has 0 amide bonds. The van der Waals surface area contributed by atoms with Gasteiger partial charge in [0.15, 0.2) is 0 Å². The highest BCUT2D eigenvalue weighted by atomic mass is 31.3. The van der Waals surface area contributed by atoms with Crippen LogP contribution in [0.1, 0.15) is 0 Å². The van der Waals surface area contributed by atoms with Crippen molar-refractivity contribution in [2.75, 3.05) is 0 Å². The summed E-state index contributed by atoms with van der Waals surface area (Å²) in [6, 6.07) is 0. The molecule has 738 valence electrons. The first kappa shape index (κ1) is 122. The summed E-state index contributed by atoms with van der Waals surface area (Å²) in [4.78, 5) is 175. The average Bonchev–Trinajstić information content (AvgIpc) is 0.713. The molecule has 0 aliphatic heterocycles. The van der Waals surface area contributed by atoms with Crippen molar-refractivity contribution in [3.05, 3.63) is 0 Å². The van der Waals surface area contributed by atoms with Crippen LogP contribution in [-0.4, -0.2) is 423 Å². The van der Waals surface area contributed by atoms with Gasteiger partial charge in [0.2, 0.25) is 17.4 Å². The molecule has 0 radical (unpaired) electrons. The highest BCUT2D eigenvalue weighted by Gasteiger charge is 2.66. The van der Waals surface area contributed by atoms with Gasteiger partial charge in [-0.15, -0.1) is 0 Å². The molecule has 5 rings (SSSR count). The van der Waals surface area contributed by atoms with Crippen LogP contribution in [-0.2, 0) is 134 Å². The van der Waals surface area contributed by atoms with E-state index in [2.05, 4.69) is 65.7 Å². The second-order valence-electron chi connectivity index (χ2n) is 23.6. The second-order valence-corrected chi connectivity index (χ2v) is 45.4. The smallest absolute Gasteiger partial charge is 0.387 e. The van der Waals surface area contributed by atoms with Crippen molar-refractivity contribution >= 4 is 117 Å². The van der Waals surface area contributed by atoms with E-state index in [1.54, 1.807) is 0 Å². The molecule has 78 nitrogen and oxygen atoms in total. The maximum atomic E-state index is 11.6. The Kier molecular flexibility index (Phi) is 43.1. The standard InChI is InChI=1S/3C6H15O16P3.2C6H15O15P3/c3*7-1-2(8)4(10)6(12,5(11)3(1)9)20-24(16,17)22-25(18,19)21-23(13,14)15;2*7-1-2(8)4(10)6(5(11)3(1)9)19-23(15,16)21-24(17,18)20-22(12,13)14/h3*1-5,7-12H,(H,16,17)(H,18,19)(H2,13,14,15);2*1-11H,(H,15,16)(H,17,18)(H2,12,13,14)/t3*1-,2-,3+,4-,5-,6+;;/m000../s1. The fourth-order valence-corrected chi connectivity index (χ4v) is 25.1. The summed E-state index contributed by atoms with van der Waals surface area (Å²) < 4.78 is 219. The molecule has 5 aliphatic rings. The number of aliphatic hydroxyl groups excluding tert-OH is 25. The molecule has 0 aromatic heterocycles. The molecular formula is C30H75O78P15. The average molecular weight is 2150 g/mol. The molecule has 36 atom stereocenters. The van der Waals surface area contributed by atoms with Crippen LogP contribution in [0, 0.1) is 0 Å². The lowest BCUT2D eigenvalue weighted by atomic mass is 9.82. The van der Waals surface area contributed by atoms with Crippen molar-refractivity contribution in [3.8, 4) is 0 Å². The summed E-state index contributed by atoms with van der Waals surface area (Å²) in [7, 11) is -87.4. The number of phosphoric acid groups is 15. The minimum atomic E-state index is -6.04. The van der Waals surface area contributed by atoms with Gasteiger partial charge in [-0.1, -0.05) is 0 Å². The summed E-state index contributed by atoms with van der Waals surface area (Å²) in [5.74, 6) is -11.2. The number of rotatable bonds is 30. The second kappa shape index (κ2) is 43.5. The molecule has 0 bridgehead atoms. The minimum absolute atomic E-state index is 2.05. The van der Waals surface area contributed by atoms with Crippen molar-refractivity contribution in [2.45, 2.75) is 182 Å². The first-order valence-corrected chi connectivity index (χ1v) is 51.9. The fourth-order valence-electron chi connectivity index (χ4n) is 9.04.